The van der Waals surface area contributed by atoms with E-state index in [1.807, 2.05) is 37.3 Å². The Bertz CT molecular complexity index is 812. The van der Waals surface area contributed by atoms with E-state index in [2.05, 4.69) is 19.2 Å². The predicted octanol–water partition coefficient (Wildman–Crippen LogP) is 4.19. The summed E-state index contributed by atoms with van der Waals surface area (Å²) in [5.41, 5.74) is 3.86. The lowest BCUT2D eigenvalue weighted by molar-refractivity contribution is 0.0857. The molecule has 1 atom stereocenters. The Morgan fingerprint density at radius 2 is 2.00 bits per heavy atom. The summed E-state index contributed by atoms with van der Waals surface area (Å²) in [6.07, 6.45) is 2.18. The van der Waals surface area contributed by atoms with Gasteiger partial charge in [0, 0.05) is 24.3 Å². The maximum absolute atomic E-state index is 12.5. The quantitative estimate of drug-likeness (QED) is 0.743. The Hall–Kier alpha value is -2.53. The number of benzene rings is 2. The van der Waals surface area contributed by atoms with E-state index >= 15 is 0 Å². The van der Waals surface area contributed by atoms with Crippen molar-refractivity contribution in [2.45, 2.75) is 46.3 Å². The van der Waals surface area contributed by atoms with Crippen LogP contribution in [0.4, 0.5) is 0 Å². The summed E-state index contributed by atoms with van der Waals surface area (Å²) in [7, 11) is 0. The van der Waals surface area contributed by atoms with Gasteiger partial charge in [-0.15, -0.1) is 0 Å². The van der Waals surface area contributed by atoms with E-state index in [1.54, 1.807) is 6.07 Å². The summed E-state index contributed by atoms with van der Waals surface area (Å²) < 4.78 is 17.2. The van der Waals surface area contributed by atoms with Crippen LogP contribution in [0.15, 0.2) is 36.4 Å². The summed E-state index contributed by atoms with van der Waals surface area (Å²) in [5, 5.41) is 2.96. The van der Waals surface area contributed by atoms with Gasteiger partial charge in [0.1, 0.15) is 18.1 Å². The first-order chi connectivity index (χ1) is 13.6. The Morgan fingerprint density at radius 3 is 2.71 bits per heavy atom. The molecule has 1 fully saturated rings. The maximum Gasteiger partial charge on any atom is 0.251 e. The SMILES string of the molecule is CCOc1ccc(C(=O)NC[C@@H]2CCCO2)cc1COc1ccc(C)c(C)c1. The van der Waals surface area contributed by atoms with Gasteiger partial charge in [-0.25, -0.2) is 0 Å². The Kier molecular flexibility index (Phi) is 6.93. The zero-order chi connectivity index (χ0) is 19.9. The lowest BCUT2D eigenvalue weighted by Crippen LogP contribution is -2.31. The van der Waals surface area contributed by atoms with Crippen molar-refractivity contribution in [3.05, 3.63) is 58.7 Å². The van der Waals surface area contributed by atoms with Crippen LogP contribution in [0.2, 0.25) is 0 Å². The van der Waals surface area contributed by atoms with Gasteiger partial charge in [0.15, 0.2) is 0 Å². The Morgan fingerprint density at radius 1 is 1.14 bits per heavy atom. The highest BCUT2D eigenvalue weighted by atomic mass is 16.5. The summed E-state index contributed by atoms with van der Waals surface area (Å²) in [6.45, 7) is 8.30. The Balaban J connectivity index is 1.69. The van der Waals surface area contributed by atoms with Crippen LogP contribution < -0.4 is 14.8 Å². The van der Waals surface area contributed by atoms with Crippen molar-refractivity contribution in [3.63, 3.8) is 0 Å². The number of ether oxygens (including phenoxy) is 3. The highest BCUT2D eigenvalue weighted by molar-refractivity contribution is 5.94. The first-order valence-corrected chi connectivity index (χ1v) is 9.92. The molecule has 0 aliphatic carbocycles. The highest BCUT2D eigenvalue weighted by Crippen LogP contribution is 2.24. The molecule has 1 aliphatic heterocycles. The van der Waals surface area contributed by atoms with Gasteiger partial charge in [0.05, 0.1) is 12.7 Å². The molecule has 0 unspecified atom stereocenters. The standard InChI is InChI=1S/C23H29NO4/c1-4-26-22-10-8-18(23(25)24-14-21-6-5-11-27-21)13-19(22)15-28-20-9-7-16(2)17(3)12-20/h7-10,12-13,21H,4-6,11,14-15H2,1-3H3,(H,24,25)/t21-/m0/s1. The van der Waals surface area contributed by atoms with Crippen molar-refractivity contribution in [1.82, 2.24) is 5.32 Å². The first kappa shape index (κ1) is 20.2. The molecule has 0 spiro atoms. The normalized spacial score (nSPS) is 16.0. The van der Waals surface area contributed by atoms with Gasteiger partial charge in [-0.05, 0) is 75.1 Å². The van der Waals surface area contributed by atoms with Crippen LogP contribution in [0.25, 0.3) is 0 Å². The van der Waals surface area contributed by atoms with Crippen LogP contribution in [0.3, 0.4) is 0 Å². The van der Waals surface area contributed by atoms with Gasteiger partial charge < -0.3 is 19.5 Å². The fourth-order valence-corrected chi connectivity index (χ4v) is 3.21. The minimum absolute atomic E-state index is 0.106. The van der Waals surface area contributed by atoms with E-state index in [-0.39, 0.29) is 12.0 Å². The van der Waals surface area contributed by atoms with E-state index in [1.165, 1.54) is 11.1 Å². The smallest absolute Gasteiger partial charge is 0.251 e. The first-order valence-electron chi connectivity index (χ1n) is 9.92. The highest BCUT2D eigenvalue weighted by Gasteiger charge is 2.17. The van der Waals surface area contributed by atoms with Crippen LogP contribution in [-0.4, -0.2) is 31.8 Å². The number of hydrogen-bond donors (Lipinski definition) is 1. The lowest BCUT2D eigenvalue weighted by atomic mass is 10.1. The largest absolute Gasteiger partial charge is 0.493 e. The zero-order valence-corrected chi connectivity index (χ0v) is 16.9. The van der Waals surface area contributed by atoms with Crippen molar-refractivity contribution in [2.24, 2.45) is 0 Å². The average Bonchev–Trinajstić information content (AvgIpc) is 3.21. The maximum atomic E-state index is 12.5. The predicted molar refractivity (Wildman–Crippen MR) is 109 cm³/mol. The van der Waals surface area contributed by atoms with Gasteiger partial charge in [-0.2, -0.15) is 0 Å². The summed E-state index contributed by atoms with van der Waals surface area (Å²) in [5.74, 6) is 1.44. The fourth-order valence-electron chi connectivity index (χ4n) is 3.21. The molecule has 28 heavy (non-hydrogen) atoms. The van der Waals surface area contributed by atoms with E-state index in [0.29, 0.717) is 25.3 Å². The number of nitrogens with one attached hydrogen (secondary N) is 1. The second-order valence-electron chi connectivity index (χ2n) is 7.14. The van der Waals surface area contributed by atoms with Crippen LogP contribution in [0, 0.1) is 13.8 Å². The Labute approximate surface area is 167 Å². The van der Waals surface area contributed by atoms with Crippen molar-refractivity contribution in [2.75, 3.05) is 19.8 Å². The van der Waals surface area contributed by atoms with Crippen molar-refractivity contribution >= 4 is 5.91 Å². The van der Waals surface area contributed by atoms with Crippen LogP contribution in [0.5, 0.6) is 11.5 Å². The second kappa shape index (κ2) is 9.60. The molecule has 2 aromatic carbocycles. The molecular formula is C23H29NO4. The molecule has 5 nitrogen and oxygen atoms in total. The van der Waals surface area contributed by atoms with Crippen molar-refractivity contribution in [3.8, 4) is 11.5 Å². The lowest BCUT2D eigenvalue weighted by Gasteiger charge is -2.15. The summed E-state index contributed by atoms with van der Waals surface area (Å²) in [4.78, 5) is 12.5. The topological polar surface area (TPSA) is 56.8 Å². The van der Waals surface area contributed by atoms with E-state index in [0.717, 1.165) is 36.5 Å². The zero-order valence-electron chi connectivity index (χ0n) is 16.9. The van der Waals surface area contributed by atoms with Crippen LogP contribution in [0.1, 0.15) is 46.8 Å². The molecular weight excluding hydrogens is 354 g/mol. The molecule has 1 amide bonds. The molecule has 0 saturated carbocycles. The van der Waals surface area contributed by atoms with E-state index in [9.17, 15) is 4.79 Å². The van der Waals surface area contributed by atoms with Crippen molar-refractivity contribution in [1.29, 1.82) is 0 Å². The molecule has 1 N–H and O–H groups in total. The van der Waals surface area contributed by atoms with Gasteiger partial charge in [0.2, 0.25) is 0 Å². The van der Waals surface area contributed by atoms with E-state index < -0.39 is 0 Å². The minimum atomic E-state index is -0.106. The van der Waals surface area contributed by atoms with Crippen molar-refractivity contribution < 1.29 is 19.0 Å². The van der Waals surface area contributed by atoms with Crippen LogP contribution in [-0.2, 0) is 11.3 Å². The molecule has 3 rings (SSSR count). The number of amides is 1. The molecule has 1 aliphatic rings. The van der Waals surface area contributed by atoms with Gasteiger partial charge >= 0.3 is 0 Å². The molecule has 150 valence electrons. The molecule has 1 saturated heterocycles. The van der Waals surface area contributed by atoms with Gasteiger partial charge in [0.25, 0.3) is 5.91 Å². The monoisotopic (exact) mass is 383 g/mol. The molecule has 0 aromatic heterocycles. The molecule has 0 radical (unpaired) electrons. The molecule has 1 heterocycles. The fraction of sp³-hybridized carbons (Fsp3) is 0.435. The number of aryl methyl sites for hydroxylation is 2. The minimum Gasteiger partial charge on any atom is -0.493 e. The molecule has 2 aromatic rings. The molecule has 0 bridgehead atoms. The summed E-state index contributed by atoms with van der Waals surface area (Å²) in [6, 6.07) is 11.5. The van der Waals surface area contributed by atoms with E-state index in [4.69, 9.17) is 14.2 Å². The summed E-state index contributed by atoms with van der Waals surface area (Å²) >= 11 is 0. The van der Waals surface area contributed by atoms with Gasteiger partial charge in [-0.3, -0.25) is 4.79 Å². The van der Waals surface area contributed by atoms with Crippen LogP contribution >= 0.6 is 0 Å². The number of carbonyl (C=O) groups excluding carboxylic acids is 1. The number of hydrogen-bond acceptors (Lipinski definition) is 4. The number of carbonyl (C=O) groups is 1. The number of rotatable bonds is 8. The second-order valence-corrected chi connectivity index (χ2v) is 7.14. The van der Waals surface area contributed by atoms with Gasteiger partial charge in [-0.1, -0.05) is 6.07 Å². The third-order valence-electron chi connectivity index (χ3n) is 5.01. The third kappa shape index (κ3) is 5.26. The average molecular weight is 383 g/mol. The third-order valence-corrected chi connectivity index (χ3v) is 5.01. The molecule has 5 heteroatoms.